The molecule has 0 aliphatic heterocycles. The van der Waals surface area contributed by atoms with Gasteiger partial charge in [-0.05, 0) is 38.1 Å². The lowest BCUT2D eigenvalue weighted by Gasteiger charge is -2.11. The molecule has 0 saturated heterocycles. The molecule has 28 heavy (non-hydrogen) atoms. The Bertz CT molecular complexity index is 1040. The molecule has 146 valence electrons. The van der Waals surface area contributed by atoms with Crippen LogP contribution in [0.3, 0.4) is 0 Å². The molecule has 0 fully saturated rings. The first-order valence-electron chi connectivity index (χ1n) is 8.93. The van der Waals surface area contributed by atoms with Crippen LogP contribution in [0.25, 0.3) is 5.78 Å². The number of hydrogen-bond acceptors (Lipinski definition) is 6. The molecule has 4 N–H and O–H groups in total. The molecule has 1 aromatic carbocycles. The maximum Gasteiger partial charge on any atom is 0.254 e. The molecule has 0 aliphatic carbocycles. The summed E-state index contributed by atoms with van der Waals surface area (Å²) in [5.74, 6) is 0.216. The summed E-state index contributed by atoms with van der Waals surface area (Å²) in [5, 5.41) is 9.77. The number of anilines is 3. The number of aryl methyl sites for hydroxylation is 2. The average Bonchev–Trinajstić information content (AvgIpc) is 3.00. The van der Waals surface area contributed by atoms with E-state index in [1.165, 1.54) is 4.52 Å². The number of aromatic nitrogens is 4. The van der Waals surface area contributed by atoms with Crippen LogP contribution in [0.4, 0.5) is 17.3 Å². The Labute approximate surface area is 162 Å². The number of amides is 2. The van der Waals surface area contributed by atoms with E-state index >= 15 is 0 Å². The van der Waals surface area contributed by atoms with Crippen LogP contribution in [0, 0.1) is 19.8 Å². The van der Waals surface area contributed by atoms with Crippen molar-refractivity contribution in [3.05, 3.63) is 41.2 Å². The second kappa shape index (κ2) is 7.63. The van der Waals surface area contributed by atoms with E-state index in [9.17, 15) is 9.59 Å². The zero-order valence-electron chi connectivity index (χ0n) is 16.3. The zero-order valence-corrected chi connectivity index (χ0v) is 16.3. The molecule has 9 nitrogen and oxygen atoms in total. The predicted molar refractivity (Wildman–Crippen MR) is 107 cm³/mol. The molecule has 0 radical (unpaired) electrons. The van der Waals surface area contributed by atoms with Gasteiger partial charge in [0.1, 0.15) is 0 Å². The Kier molecular flexibility index (Phi) is 5.25. The highest BCUT2D eigenvalue weighted by Crippen LogP contribution is 2.17. The summed E-state index contributed by atoms with van der Waals surface area (Å²) >= 11 is 0. The quantitative estimate of drug-likeness (QED) is 0.621. The molecule has 0 unspecified atom stereocenters. The molecule has 0 bridgehead atoms. The molecule has 0 atom stereocenters. The topological polar surface area (TPSA) is 127 Å². The lowest BCUT2D eigenvalue weighted by Crippen LogP contribution is -2.18. The first-order valence-corrected chi connectivity index (χ1v) is 8.93. The molecule has 3 rings (SSSR count). The van der Waals surface area contributed by atoms with Crippen LogP contribution in [-0.4, -0.2) is 31.4 Å². The maximum absolute atomic E-state index is 12.5. The second-order valence-electron chi connectivity index (χ2n) is 6.89. The van der Waals surface area contributed by atoms with Crippen molar-refractivity contribution in [2.24, 2.45) is 5.92 Å². The van der Waals surface area contributed by atoms with Crippen LogP contribution in [0.5, 0.6) is 0 Å². The van der Waals surface area contributed by atoms with Gasteiger partial charge in [0.05, 0.1) is 6.42 Å². The molecule has 2 amide bonds. The molecular weight excluding hydrogens is 358 g/mol. The minimum absolute atomic E-state index is 0.0561. The Morgan fingerprint density at radius 2 is 1.68 bits per heavy atom. The van der Waals surface area contributed by atoms with Crippen molar-refractivity contribution in [3.63, 3.8) is 0 Å². The summed E-state index contributed by atoms with van der Waals surface area (Å²) in [5.41, 5.74) is 9.21. The number of hydrogen-bond donors (Lipinski definition) is 3. The minimum Gasteiger partial charge on any atom is -0.366 e. The first-order chi connectivity index (χ1) is 13.2. The highest BCUT2D eigenvalue weighted by Gasteiger charge is 2.15. The Morgan fingerprint density at radius 3 is 2.29 bits per heavy atom. The molecule has 0 aliphatic rings. The van der Waals surface area contributed by atoms with Gasteiger partial charge in [-0.25, -0.2) is 4.98 Å². The Hall–Kier alpha value is -3.49. The number of nitrogen functional groups attached to an aromatic ring is 1. The lowest BCUT2D eigenvalue weighted by molar-refractivity contribution is -0.119. The van der Waals surface area contributed by atoms with Crippen molar-refractivity contribution in [1.29, 1.82) is 0 Å². The van der Waals surface area contributed by atoms with E-state index in [0.717, 1.165) is 11.3 Å². The summed E-state index contributed by atoms with van der Waals surface area (Å²) in [7, 11) is 0. The number of nitrogens with zero attached hydrogens (tertiary/aromatic N) is 4. The van der Waals surface area contributed by atoms with E-state index in [1.807, 2.05) is 27.7 Å². The SMILES string of the molecule is Cc1nc2nc(N)nn2c(C)c1CC(=O)Nc1ccc(NC(=O)C(C)C)cc1. The smallest absolute Gasteiger partial charge is 0.254 e. The average molecular weight is 381 g/mol. The van der Waals surface area contributed by atoms with Crippen molar-refractivity contribution < 1.29 is 9.59 Å². The van der Waals surface area contributed by atoms with E-state index in [-0.39, 0.29) is 30.1 Å². The van der Waals surface area contributed by atoms with E-state index in [4.69, 9.17) is 5.73 Å². The van der Waals surface area contributed by atoms with Crippen LogP contribution < -0.4 is 16.4 Å². The normalized spacial score (nSPS) is 11.0. The van der Waals surface area contributed by atoms with Crippen LogP contribution in [-0.2, 0) is 16.0 Å². The van der Waals surface area contributed by atoms with Crippen molar-refractivity contribution in [3.8, 4) is 0 Å². The Balaban J connectivity index is 1.70. The van der Waals surface area contributed by atoms with Gasteiger partial charge in [0.2, 0.25) is 17.8 Å². The molecular formula is C19H23N7O2. The van der Waals surface area contributed by atoms with E-state index in [2.05, 4.69) is 25.7 Å². The van der Waals surface area contributed by atoms with Gasteiger partial charge in [0, 0.05) is 34.2 Å². The summed E-state index contributed by atoms with van der Waals surface area (Å²) in [6.07, 6.45) is 0.145. The molecule has 9 heteroatoms. The van der Waals surface area contributed by atoms with Gasteiger partial charge < -0.3 is 16.4 Å². The third-order valence-corrected chi connectivity index (χ3v) is 4.36. The summed E-state index contributed by atoms with van der Waals surface area (Å²) in [6.45, 7) is 7.33. The maximum atomic E-state index is 12.5. The van der Waals surface area contributed by atoms with Crippen LogP contribution in [0.1, 0.15) is 30.8 Å². The van der Waals surface area contributed by atoms with Gasteiger partial charge in [-0.2, -0.15) is 9.50 Å². The number of rotatable bonds is 5. The summed E-state index contributed by atoms with van der Waals surface area (Å²) in [6, 6.07) is 6.98. The predicted octanol–water partition coefficient (Wildman–Crippen LogP) is 2.10. The fourth-order valence-corrected chi connectivity index (χ4v) is 2.77. The van der Waals surface area contributed by atoms with Gasteiger partial charge in [-0.1, -0.05) is 13.8 Å². The lowest BCUT2D eigenvalue weighted by atomic mass is 10.1. The number of nitrogens with two attached hydrogens (primary N) is 1. The van der Waals surface area contributed by atoms with Crippen molar-refractivity contribution in [2.45, 2.75) is 34.1 Å². The van der Waals surface area contributed by atoms with Crippen LogP contribution in [0.15, 0.2) is 24.3 Å². The third kappa shape index (κ3) is 4.08. The van der Waals surface area contributed by atoms with Gasteiger partial charge in [-0.3, -0.25) is 9.59 Å². The van der Waals surface area contributed by atoms with Gasteiger partial charge >= 0.3 is 0 Å². The second-order valence-corrected chi connectivity index (χ2v) is 6.89. The standard InChI is InChI=1S/C19H23N7O2/c1-10(2)17(28)23-14-7-5-13(6-8-14)22-16(27)9-15-11(3)21-19-24-18(20)25-26(19)12(15)4/h5-8,10H,9H2,1-4H3,(H2,20,25)(H,22,27)(H,23,28). The van der Waals surface area contributed by atoms with E-state index in [1.54, 1.807) is 24.3 Å². The fraction of sp³-hybridized carbons (Fsp3) is 0.316. The third-order valence-electron chi connectivity index (χ3n) is 4.36. The first kappa shape index (κ1) is 19.3. The summed E-state index contributed by atoms with van der Waals surface area (Å²) < 4.78 is 1.54. The van der Waals surface area contributed by atoms with Crippen molar-refractivity contribution >= 4 is 34.9 Å². The van der Waals surface area contributed by atoms with Crippen LogP contribution >= 0.6 is 0 Å². The highest BCUT2D eigenvalue weighted by atomic mass is 16.2. The molecule has 0 spiro atoms. The van der Waals surface area contributed by atoms with Crippen LogP contribution in [0.2, 0.25) is 0 Å². The fourth-order valence-electron chi connectivity index (χ4n) is 2.77. The van der Waals surface area contributed by atoms with Crippen molar-refractivity contribution in [1.82, 2.24) is 19.6 Å². The van der Waals surface area contributed by atoms with Crippen molar-refractivity contribution in [2.75, 3.05) is 16.4 Å². The number of benzene rings is 1. The number of nitrogens with one attached hydrogen (secondary N) is 2. The van der Waals surface area contributed by atoms with Gasteiger partial charge in [-0.15, -0.1) is 5.10 Å². The van der Waals surface area contributed by atoms with Gasteiger partial charge in [0.25, 0.3) is 5.78 Å². The van der Waals surface area contributed by atoms with Gasteiger partial charge in [0.15, 0.2) is 0 Å². The zero-order chi connectivity index (χ0) is 20.4. The Morgan fingerprint density at radius 1 is 1.07 bits per heavy atom. The molecule has 3 aromatic rings. The molecule has 0 saturated carbocycles. The number of carbonyl (C=O) groups excluding carboxylic acids is 2. The molecule has 2 heterocycles. The summed E-state index contributed by atoms with van der Waals surface area (Å²) in [4.78, 5) is 32.6. The minimum atomic E-state index is -0.181. The van der Waals surface area contributed by atoms with E-state index in [0.29, 0.717) is 22.8 Å². The molecule has 2 aromatic heterocycles. The number of fused-ring (bicyclic) bond motifs is 1. The number of carbonyl (C=O) groups is 2. The monoisotopic (exact) mass is 381 g/mol. The largest absolute Gasteiger partial charge is 0.366 e. The van der Waals surface area contributed by atoms with E-state index < -0.39 is 0 Å². The highest BCUT2D eigenvalue weighted by molar-refractivity contribution is 5.94.